The van der Waals surface area contributed by atoms with Crippen molar-refractivity contribution in [1.82, 2.24) is 0 Å². The van der Waals surface area contributed by atoms with Crippen LogP contribution in [0, 0.1) is 29.1 Å². The fourth-order valence-corrected chi connectivity index (χ4v) is 5.55. The van der Waals surface area contributed by atoms with Gasteiger partial charge < -0.3 is 14.2 Å². The molecular formula is C19H28O6. The Morgan fingerprint density at radius 2 is 2.00 bits per heavy atom. The molecule has 1 saturated heterocycles. The molecule has 0 N–H and O–H groups in total. The van der Waals surface area contributed by atoms with Crippen LogP contribution < -0.4 is 0 Å². The number of fused-ring (bicyclic) bond motifs is 2. The highest BCUT2D eigenvalue weighted by molar-refractivity contribution is 5.89. The second kappa shape index (κ2) is 6.38. The maximum absolute atomic E-state index is 13.1. The molecule has 6 heteroatoms. The highest BCUT2D eigenvalue weighted by Crippen LogP contribution is 2.57. The van der Waals surface area contributed by atoms with Crippen LogP contribution in [0.3, 0.4) is 0 Å². The number of carbonyl (C=O) groups is 3. The van der Waals surface area contributed by atoms with Crippen LogP contribution in [0.5, 0.6) is 0 Å². The van der Waals surface area contributed by atoms with E-state index in [0.717, 1.165) is 0 Å². The Bertz CT molecular complexity index is 586. The van der Waals surface area contributed by atoms with Gasteiger partial charge in [-0.1, -0.05) is 13.8 Å². The van der Waals surface area contributed by atoms with Crippen molar-refractivity contribution in [3.8, 4) is 0 Å². The highest BCUT2D eigenvalue weighted by atomic mass is 16.6. The Morgan fingerprint density at radius 1 is 1.32 bits per heavy atom. The summed E-state index contributed by atoms with van der Waals surface area (Å²) in [4.78, 5) is 37.1. The first kappa shape index (κ1) is 18.4. The molecule has 0 aromatic heterocycles. The second-order valence-corrected chi connectivity index (χ2v) is 8.01. The van der Waals surface area contributed by atoms with Crippen molar-refractivity contribution < 1.29 is 28.6 Å². The summed E-state index contributed by atoms with van der Waals surface area (Å²) in [5.41, 5.74) is -0.855. The lowest BCUT2D eigenvalue weighted by Gasteiger charge is -2.41. The second-order valence-electron chi connectivity index (χ2n) is 8.01. The molecule has 8 atom stereocenters. The maximum atomic E-state index is 13.1. The molecule has 6 nitrogen and oxygen atoms in total. The monoisotopic (exact) mass is 352 g/mol. The molecule has 0 amide bonds. The lowest BCUT2D eigenvalue weighted by molar-refractivity contribution is -0.167. The molecule has 1 aliphatic heterocycles. The van der Waals surface area contributed by atoms with Gasteiger partial charge in [0.15, 0.2) is 0 Å². The van der Waals surface area contributed by atoms with Crippen molar-refractivity contribution in [2.45, 2.75) is 65.8 Å². The first-order valence-corrected chi connectivity index (χ1v) is 9.24. The summed E-state index contributed by atoms with van der Waals surface area (Å²) in [6.07, 6.45) is -0.170. The zero-order chi connectivity index (χ0) is 18.5. The predicted octanol–water partition coefficient (Wildman–Crippen LogP) is 2.14. The van der Waals surface area contributed by atoms with Gasteiger partial charge >= 0.3 is 11.9 Å². The fraction of sp³-hybridized carbons (Fsp3) is 0.842. The van der Waals surface area contributed by atoms with Crippen LogP contribution in [0.2, 0.25) is 0 Å². The number of rotatable bonds is 3. The van der Waals surface area contributed by atoms with E-state index in [1.165, 1.54) is 6.92 Å². The smallest absolute Gasteiger partial charge is 0.309 e. The summed E-state index contributed by atoms with van der Waals surface area (Å²) in [7, 11) is 0. The number of carbonyl (C=O) groups excluding carboxylic acids is 3. The first-order chi connectivity index (χ1) is 11.7. The van der Waals surface area contributed by atoms with Crippen LogP contribution in [0.1, 0.15) is 47.5 Å². The largest absolute Gasteiger partial charge is 0.462 e. The number of esters is 2. The standard InChI is InChI=1S/C19H28O6/c1-6-23-13-8-14(21)19(5)16(13)9(2)7-12-15(10(3)18(22)25-12)17(19)24-11(4)20/h9-10,12-13,15-17H,6-8H2,1-5H3/t9-,10+,12-,13+,15-,16-,17+,19-/m1/s1. The van der Waals surface area contributed by atoms with Crippen molar-refractivity contribution in [1.29, 1.82) is 0 Å². The van der Waals surface area contributed by atoms with Gasteiger partial charge in [-0.15, -0.1) is 0 Å². The molecule has 3 rings (SSSR count). The number of Topliss-reactive ketones (excluding diaryl/α,β-unsaturated/α-hetero) is 1. The summed E-state index contributed by atoms with van der Waals surface area (Å²) in [5.74, 6) is -1.26. The van der Waals surface area contributed by atoms with Gasteiger partial charge in [-0.2, -0.15) is 0 Å². The van der Waals surface area contributed by atoms with E-state index in [-0.39, 0.29) is 41.7 Å². The third-order valence-electron chi connectivity index (χ3n) is 6.56. The van der Waals surface area contributed by atoms with Crippen LogP contribution >= 0.6 is 0 Å². The summed E-state index contributed by atoms with van der Waals surface area (Å²) < 4.78 is 17.2. The Morgan fingerprint density at radius 3 is 2.60 bits per heavy atom. The first-order valence-electron chi connectivity index (χ1n) is 9.24. The molecule has 140 valence electrons. The molecule has 2 saturated carbocycles. The molecule has 25 heavy (non-hydrogen) atoms. The molecular weight excluding hydrogens is 324 g/mol. The summed E-state index contributed by atoms with van der Waals surface area (Å²) in [6, 6.07) is 0. The van der Waals surface area contributed by atoms with Crippen LogP contribution in [-0.4, -0.2) is 42.6 Å². The van der Waals surface area contributed by atoms with Gasteiger partial charge in [0, 0.05) is 31.8 Å². The third kappa shape index (κ3) is 2.69. The lowest BCUT2D eigenvalue weighted by atomic mass is 9.66. The summed E-state index contributed by atoms with van der Waals surface area (Å²) in [5, 5.41) is 0. The summed E-state index contributed by atoms with van der Waals surface area (Å²) in [6.45, 7) is 9.58. The topological polar surface area (TPSA) is 78.9 Å². The molecule has 3 aliphatic rings. The Balaban J connectivity index is 2.09. The van der Waals surface area contributed by atoms with E-state index in [9.17, 15) is 14.4 Å². The molecule has 0 bridgehead atoms. The van der Waals surface area contributed by atoms with Crippen LogP contribution in [-0.2, 0) is 28.6 Å². The van der Waals surface area contributed by atoms with Gasteiger partial charge in [-0.3, -0.25) is 14.4 Å². The van der Waals surface area contributed by atoms with Gasteiger partial charge in [0.1, 0.15) is 18.0 Å². The minimum atomic E-state index is -0.855. The molecule has 2 aliphatic carbocycles. The van der Waals surface area contributed by atoms with E-state index < -0.39 is 23.4 Å². The quantitative estimate of drug-likeness (QED) is 0.724. The molecule has 0 spiro atoms. The molecule has 0 radical (unpaired) electrons. The van der Waals surface area contributed by atoms with Crippen molar-refractivity contribution in [2.75, 3.05) is 6.61 Å². The molecule has 0 unspecified atom stereocenters. The minimum absolute atomic E-state index is 0.0548. The van der Waals surface area contributed by atoms with Crippen molar-refractivity contribution in [2.24, 2.45) is 29.1 Å². The minimum Gasteiger partial charge on any atom is -0.462 e. The van der Waals surface area contributed by atoms with E-state index in [1.54, 1.807) is 6.92 Å². The van der Waals surface area contributed by atoms with E-state index in [2.05, 4.69) is 6.92 Å². The Kier molecular flexibility index (Phi) is 4.69. The molecule has 1 heterocycles. The average Bonchev–Trinajstić information content (AvgIpc) is 2.89. The predicted molar refractivity (Wildman–Crippen MR) is 88.5 cm³/mol. The number of ketones is 1. The molecule has 0 aromatic rings. The van der Waals surface area contributed by atoms with E-state index in [0.29, 0.717) is 19.4 Å². The highest BCUT2D eigenvalue weighted by Gasteiger charge is 2.66. The lowest BCUT2D eigenvalue weighted by Crippen LogP contribution is -2.50. The van der Waals surface area contributed by atoms with Crippen molar-refractivity contribution in [3.05, 3.63) is 0 Å². The van der Waals surface area contributed by atoms with Crippen molar-refractivity contribution in [3.63, 3.8) is 0 Å². The molecule has 3 fully saturated rings. The molecule has 0 aromatic carbocycles. The van der Waals surface area contributed by atoms with Crippen LogP contribution in [0.15, 0.2) is 0 Å². The SMILES string of the molecule is CCO[C@H]1CC(=O)[C@]2(C)[C@@H]1[C@H](C)C[C@H]1OC(=O)[C@@H](C)[C@H]1[C@@H]2OC(C)=O. The Hall–Kier alpha value is -1.43. The number of hydrogen-bond acceptors (Lipinski definition) is 6. The number of hydrogen-bond donors (Lipinski definition) is 0. The van der Waals surface area contributed by atoms with Crippen LogP contribution in [0.25, 0.3) is 0 Å². The Labute approximate surface area is 148 Å². The van der Waals surface area contributed by atoms with Gasteiger partial charge in [0.25, 0.3) is 0 Å². The van der Waals surface area contributed by atoms with E-state index >= 15 is 0 Å². The zero-order valence-electron chi connectivity index (χ0n) is 15.6. The average molecular weight is 352 g/mol. The normalized spacial score (nSPS) is 46.2. The third-order valence-corrected chi connectivity index (χ3v) is 6.56. The van der Waals surface area contributed by atoms with Crippen LogP contribution in [0.4, 0.5) is 0 Å². The van der Waals surface area contributed by atoms with E-state index in [1.807, 2.05) is 13.8 Å². The summed E-state index contributed by atoms with van der Waals surface area (Å²) >= 11 is 0. The van der Waals surface area contributed by atoms with Gasteiger partial charge in [0.2, 0.25) is 0 Å². The number of ether oxygens (including phenoxy) is 3. The van der Waals surface area contributed by atoms with Gasteiger partial charge in [-0.25, -0.2) is 0 Å². The van der Waals surface area contributed by atoms with Crippen molar-refractivity contribution >= 4 is 17.7 Å². The fourth-order valence-electron chi connectivity index (χ4n) is 5.55. The maximum Gasteiger partial charge on any atom is 0.309 e. The van der Waals surface area contributed by atoms with E-state index in [4.69, 9.17) is 14.2 Å². The zero-order valence-corrected chi connectivity index (χ0v) is 15.6. The van der Waals surface area contributed by atoms with Gasteiger partial charge in [-0.05, 0) is 26.2 Å². The van der Waals surface area contributed by atoms with Gasteiger partial charge in [0.05, 0.1) is 17.4 Å².